The maximum Gasteiger partial charge on any atom is 0.220 e. The van der Waals surface area contributed by atoms with Crippen molar-refractivity contribution < 1.29 is 13.9 Å². The Morgan fingerprint density at radius 3 is 2.63 bits per heavy atom. The molecule has 0 saturated carbocycles. The van der Waals surface area contributed by atoms with Crippen molar-refractivity contribution >= 4 is 16.9 Å². The maximum absolute atomic E-state index is 13.0. The van der Waals surface area contributed by atoms with E-state index in [1.54, 1.807) is 24.4 Å². The van der Waals surface area contributed by atoms with Gasteiger partial charge in [-0.1, -0.05) is 30.3 Å². The van der Waals surface area contributed by atoms with E-state index in [0.29, 0.717) is 11.1 Å². The molecule has 132 valence electrons. The van der Waals surface area contributed by atoms with Crippen molar-refractivity contribution in [1.29, 1.82) is 5.26 Å². The highest BCUT2D eigenvalue weighted by molar-refractivity contribution is 6.03. The second-order valence-electron chi connectivity index (χ2n) is 5.77. The van der Waals surface area contributed by atoms with E-state index in [-0.39, 0.29) is 17.3 Å². The number of Topliss-reactive ketones (excluding diaryl/α,β-unsaturated/α-hetero) is 1. The molecule has 4 rings (SSSR count). The van der Waals surface area contributed by atoms with E-state index in [1.165, 1.54) is 11.8 Å². The Labute approximate surface area is 154 Å². The molecule has 7 nitrogen and oxygen atoms in total. The molecule has 0 N–H and O–H groups in total. The lowest BCUT2D eigenvalue weighted by atomic mass is 10.0. The summed E-state index contributed by atoms with van der Waals surface area (Å²) in [7, 11) is 1.45. The standard InChI is InChI=1S/C20H14N4O3/c1-26-17-12-24(13-7-3-2-4-8-13)23-18(17)19(25)14(11-21)20-22-15-9-5-6-10-16(15)27-20/h2-10,12,14H,1H3/t14-/m0/s1. The van der Waals surface area contributed by atoms with Crippen LogP contribution in [0.4, 0.5) is 0 Å². The summed E-state index contributed by atoms with van der Waals surface area (Å²) in [6, 6.07) is 18.4. The second-order valence-corrected chi connectivity index (χ2v) is 5.77. The minimum absolute atomic E-state index is 0.0417. The van der Waals surface area contributed by atoms with E-state index in [0.717, 1.165) is 5.69 Å². The Morgan fingerprint density at radius 2 is 1.93 bits per heavy atom. The number of fused-ring (bicyclic) bond motifs is 1. The first-order chi connectivity index (χ1) is 13.2. The number of hydrogen-bond donors (Lipinski definition) is 0. The van der Waals surface area contributed by atoms with E-state index in [4.69, 9.17) is 9.15 Å². The van der Waals surface area contributed by atoms with Gasteiger partial charge in [-0.05, 0) is 24.3 Å². The highest BCUT2D eigenvalue weighted by atomic mass is 16.5. The van der Waals surface area contributed by atoms with Gasteiger partial charge in [-0.25, -0.2) is 9.67 Å². The number of hydrogen-bond acceptors (Lipinski definition) is 6. The molecule has 0 aliphatic heterocycles. The largest absolute Gasteiger partial charge is 0.493 e. The zero-order valence-electron chi connectivity index (χ0n) is 14.4. The van der Waals surface area contributed by atoms with Crippen molar-refractivity contribution in [3.63, 3.8) is 0 Å². The third-order valence-electron chi connectivity index (χ3n) is 4.10. The van der Waals surface area contributed by atoms with Crippen LogP contribution in [0.2, 0.25) is 0 Å². The molecule has 27 heavy (non-hydrogen) atoms. The molecule has 0 spiro atoms. The number of oxazole rings is 1. The van der Waals surface area contributed by atoms with Crippen molar-refractivity contribution in [2.24, 2.45) is 0 Å². The number of aromatic nitrogens is 3. The van der Waals surface area contributed by atoms with Crippen LogP contribution in [0.3, 0.4) is 0 Å². The fourth-order valence-electron chi connectivity index (χ4n) is 2.77. The summed E-state index contributed by atoms with van der Waals surface area (Å²) in [5, 5.41) is 13.9. The number of methoxy groups -OCH3 is 1. The summed E-state index contributed by atoms with van der Waals surface area (Å²) in [6.45, 7) is 0. The number of para-hydroxylation sites is 3. The number of nitrogens with zero attached hydrogens (tertiary/aromatic N) is 4. The minimum atomic E-state index is -1.22. The van der Waals surface area contributed by atoms with Crippen molar-refractivity contribution in [3.05, 3.63) is 72.4 Å². The van der Waals surface area contributed by atoms with Gasteiger partial charge in [0, 0.05) is 0 Å². The molecule has 0 fully saturated rings. The molecule has 2 aromatic carbocycles. The summed E-state index contributed by atoms with van der Waals surface area (Å²) in [5.74, 6) is -1.43. The molecule has 0 aliphatic rings. The zero-order chi connectivity index (χ0) is 18.8. The number of rotatable bonds is 5. The van der Waals surface area contributed by atoms with Gasteiger partial charge in [0.1, 0.15) is 5.52 Å². The molecule has 1 atom stereocenters. The average molecular weight is 358 g/mol. The zero-order valence-corrected chi connectivity index (χ0v) is 14.4. The first kappa shape index (κ1) is 16.5. The molecule has 2 aromatic heterocycles. The molecule has 2 heterocycles. The number of benzene rings is 2. The molecular weight excluding hydrogens is 344 g/mol. The highest BCUT2D eigenvalue weighted by Gasteiger charge is 2.31. The van der Waals surface area contributed by atoms with E-state index in [2.05, 4.69) is 10.1 Å². The molecule has 4 aromatic rings. The number of ketones is 1. The van der Waals surface area contributed by atoms with Crippen LogP contribution >= 0.6 is 0 Å². The van der Waals surface area contributed by atoms with Gasteiger partial charge < -0.3 is 9.15 Å². The Hall–Kier alpha value is -3.92. The van der Waals surface area contributed by atoms with Gasteiger partial charge >= 0.3 is 0 Å². The molecule has 0 aliphatic carbocycles. The second kappa shape index (κ2) is 6.77. The Balaban J connectivity index is 1.74. The maximum atomic E-state index is 13.0. The summed E-state index contributed by atoms with van der Waals surface area (Å²) in [6.07, 6.45) is 1.60. The third kappa shape index (κ3) is 2.93. The lowest BCUT2D eigenvalue weighted by Gasteiger charge is -2.03. The fourth-order valence-corrected chi connectivity index (χ4v) is 2.77. The van der Waals surface area contributed by atoms with Crippen LogP contribution in [0.15, 0.2) is 65.2 Å². The number of carbonyl (C=O) groups is 1. The molecule has 0 saturated heterocycles. The predicted octanol–water partition coefficient (Wildman–Crippen LogP) is 3.51. The van der Waals surface area contributed by atoms with Crippen LogP contribution in [0.1, 0.15) is 22.3 Å². The Kier molecular flexibility index (Phi) is 4.15. The van der Waals surface area contributed by atoms with Gasteiger partial charge in [0.15, 0.2) is 22.9 Å². The van der Waals surface area contributed by atoms with E-state index in [1.807, 2.05) is 42.5 Å². The molecule has 7 heteroatoms. The topological polar surface area (TPSA) is 93.9 Å². The van der Waals surface area contributed by atoms with Crippen LogP contribution in [-0.2, 0) is 0 Å². The van der Waals surface area contributed by atoms with Crippen LogP contribution < -0.4 is 4.74 Å². The van der Waals surface area contributed by atoms with Crippen LogP contribution in [0.5, 0.6) is 5.75 Å². The molecular formula is C20H14N4O3. The molecule has 0 unspecified atom stereocenters. The van der Waals surface area contributed by atoms with E-state index < -0.39 is 11.7 Å². The lowest BCUT2D eigenvalue weighted by molar-refractivity contribution is 0.0962. The molecule has 0 radical (unpaired) electrons. The van der Waals surface area contributed by atoms with Crippen LogP contribution in [0, 0.1) is 11.3 Å². The van der Waals surface area contributed by atoms with Crippen LogP contribution in [-0.4, -0.2) is 27.7 Å². The van der Waals surface area contributed by atoms with Gasteiger partial charge in [-0.3, -0.25) is 4.79 Å². The number of nitriles is 1. The summed E-state index contributed by atoms with van der Waals surface area (Å²) in [4.78, 5) is 17.3. The first-order valence-electron chi connectivity index (χ1n) is 8.19. The smallest absolute Gasteiger partial charge is 0.220 e. The SMILES string of the molecule is COc1cn(-c2ccccc2)nc1C(=O)[C@H](C#N)c1nc2ccccc2o1. The monoisotopic (exact) mass is 358 g/mol. The van der Waals surface area contributed by atoms with Crippen molar-refractivity contribution in [3.8, 4) is 17.5 Å². The summed E-state index contributed by atoms with van der Waals surface area (Å²) < 4.78 is 12.4. The third-order valence-corrected chi connectivity index (χ3v) is 4.10. The normalized spacial score (nSPS) is 11.9. The number of carbonyl (C=O) groups excluding carboxylic acids is 1. The van der Waals surface area contributed by atoms with Crippen molar-refractivity contribution in [2.45, 2.75) is 5.92 Å². The molecule has 0 amide bonds. The van der Waals surface area contributed by atoms with Gasteiger partial charge in [0.2, 0.25) is 11.7 Å². The predicted molar refractivity (Wildman–Crippen MR) is 96.8 cm³/mol. The van der Waals surface area contributed by atoms with Crippen molar-refractivity contribution in [1.82, 2.24) is 14.8 Å². The van der Waals surface area contributed by atoms with Gasteiger partial charge in [-0.15, -0.1) is 0 Å². The van der Waals surface area contributed by atoms with Crippen LogP contribution in [0.25, 0.3) is 16.8 Å². The number of ether oxygens (including phenoxy) is 1. The Bertz CT molecular complexity index is 1120. The first-order valence-corrected chi connectivity index (χ1v) is 8.19. The minimum Gasteiger partial charge on any atom is -0.493 e. The fraction of sp³-hybridized carbons (Fsp3) is 0.100. The summed E-state index contributed by atoms with van der Waals surface area (Å²) >= 11 is 0. The lowest BCUT2D eigenvalue weighted by Crippen LogP contribution is -2.13. The van der Waals surface area contributed by atoms with Gasteiger partial charge in [0.05, 0.1) is 25.1 Å². The summed E-state index contributed by atoms with van der Waals surface area (Å²) in [5.41, 5.74) is 1.92. The van der Waals surface area contributed by atoms with E-state index in [9.17, 15) is 10.1 Å². The average Bonchev–Trinajstić information content (AvgIpc) is 3.33. The van der Waals surface area contributed by atoms with E-state index >= 15 is 0 Å². The van der Waals surface area contributed by atoms with Gasteiger partial charge in [-0.2, -0.15) is 10.4 Å². The highest BCUT2D eigenvalue weighted by Crippen LogP contribution is 2.28. The Morgan fingerprint density at radius 1 is 1.19 bits per heavy atom. The van der Waals surface area contributed by atoms with Gasteiger partial charge in [0.25, 0.3) is 0 Å². The quantitative estimate of drug-likeness (QED) is 0.507. The molecule has 0 bridgehead atoms. The van der Waals surface area contributed by atoms with Crippen molar-refractivity contribution in [2.75, 3.05) is 7.11 Å².